The third kappa shape index (κ3) is 2.09. The zero-order valence-corrected chi connectivity index (χ0v) is 9.41. The van der Waals surface area contributed by atoms with Gasteiger partial charge in [0, 0.05) is 17.7 Å². The van der Waals surface area contributed by atoms with E-state index in [4.69, 9.17) is 5.11 Å². The fourth-order valence-corrected chi connectivity index (χ4v) is 1.56. The molecule has 0 bridgehead atoms. The molecule has 0 spiro atoms. The van der Waals surface area contributed by atoms with Crippen molar-refractivity contribution in [3.05, 3.63) is 41.2 Å². The van der Waals surface area contributed by atoms with Gasteiger partial charge in [-0.1, -0.05) is 12.1 Å². The molecule has 0 atom stereocenters. The average molecular weight is 253 g/mol. The highest BCUT2D eigenvalue weighted by Gasteiger charge is 2.17. The van der Waals surface area contributed by atoms with Crippen LogP contribution in [0.25, 0.3) is 11.3 Å². The molecule has 18 heavy (non-hydrogen) atoms. The van der Waals surface area contributed by atoms with Gasteiger partial charge in [0.1, 0.15) is 17.3 Å². The van der Waals surface area contributed by atoms with Crippen LogP contribution in [0.15, 0.2) is 22.7 Å². The van der Waals surface area contributed by atoms with Crippen LogP contribution in [0.3, 0.4) is 0 Å². The lowest BCUT2D eigenvalue weighted by Gasteiger charge is -2.03. The van der Waals surface area contributed by atoms with E-state index < -0.39 is 23.4 Å². The van der Waals surface area contributed by atoms with Gasteiger partial charge in [0.2, 0.25) is 5.76 Å². The van der Waals surface area contributed by atoms with E-state index in [0.717, 1.165) is 12.1 Å². The van der Waals surface area contributed by atoms with Crippen LogP contribution in [0.5, 0.6) is 0 Å². The SMILES string of the molecule is CCc1cc(-c2cc(C(=O)O)on2)c(F)cc1F. The molecule has 94 valence electrons. The molecular formula is C12H9F2NO3. The number of aromatic nitrogens is 1. The van der Waals surface area contributed by atoms with Crippen LogP contribution in [0.4, 0.5) is 8.78 Å². The molecule has 0 unspecified atom stereocenters. The molecular weight excluding hydrogens is 244 g/mol. The summed E-state index contributed by atoms with van der Waals surface area (Å²) < 4.78 is 31.4. The number of hydrogen-bond acceptors (Lipinski definition) is 3. The molecule has 2 rings (SSSR count). The molecule has 0 aliphatic carbocycles. The van der Waals surface area contributed by atoms with Crippen molar-refractivity contribution in [2.75, 3.05) is 0 Å². The number of aromatic carboxylic acids is 1. The third-order valence-electron chi connectivity index (χ3n) is 2.51. The lowest BCUT2D eigenvalue weighted by Crippen LogP contribution is -1.94. The Labute approximate surface area is 101 Å². The first-order chi connectivity index (χ1) is 8.52. The standard InChI is InChI=1S/C12H9F2NO3/c1-2-6-3-7(9(14)4-8(6)13)10-5-11(12(16)17)18-15-10/h3-5H,2H2,1H3,(H,16,17). The molecule has 1 N–H and O–H groups in total. The second-order valence-corrected chi connectivity index (χ2v) is 3.66. The lowest BCUT2D eigenvalue weighted by molar-refractivity contribution is 0.0652. The van der Waals surface area contributed by atoms with E-state index in [9.17, 15) is 13.6 Å². The maximum atomic E-state index is 13.6. The number of carbonyl (C=O) groups is 1. The number of benzene rings is 1. The van der Waals surface area contributed by atoms with Crippen LogP contribution in [0.2, 0.25) is 0 Å². The molecule has 0 aliphatic heterocycles. The van der Waals surface area contributed by atoms with Crippen molar-refractivity contribution in [2.45, 2.75) is 13.3 Å². The molecule has 0 amide bonds. The van der Waals surface area contributed by atoms with Gasteiger partial charge in [-0.2, -0.15) is 0 Å². The zero-order valence-electron chi connectivity index (χ0n) is 9.41. The van der Waals surface area contributed by atoms with Gasteiger partial charge in [0.25, 0.3) is 0 Å². The van der Waals surface area contributed by atoms with Gasteiger partial charge >= 0.3 is 5.97 Å². The summed E-state index contributed by atoms with van der Waals surface area (Å²) >= 11 is 0. The lowest BCUT2D eigenvalue weighted by atomic mass is 10.0. The molecule has 1 heterocycles. The van der Waals surface area contributed by atoms with E-state index in [1.165, 1.54) is 6.07 Å². The smallest absolute Gasteiger partial charge is 0.374 e. The normalized spacial score (nSPS) is 10.6. The number of aryl methyl sites for hydroxylation is 1. The number of hydrogen-bond donors (Lipinski definition) is 1. The van der Waals surface area contributed by atoms with Crippen LogP contribution < -0.4 is 0 Å². The van der Waals surface area contributed by atoms with Gasteiger partial charge in [-0.3, -0.25) is 0 Å². The topological polar surface area (TPSA) is 63.3 Å². The first kappa shape index (κ1) is 12.2. The first-order valence-electron chi connectivity index (χ1n) is 5.21. The highest BCUT2D eigenvalue weighted by Crippen LogP contribution is 2.25. The molecule has 0 saturated carbocycles. The van der Waals surface area contributed by atoms with Gasteiger partial charge in [-0.15, -0.1) is 0 Å². The fourth-order valence-electron chi connectivity index (χ4n) is 1.56. The maximum absolute atomic E-state index is 13.6. The van der Waals surface area contributed by atoms with Crippen molar-refractivity contribution in [2.24, 2.45) is 0 Å². The highest BCUT2D eigenvalue weighted by atomic mass is 19.1. The number of rotatable bonds is 3. The molecule has 4 nitrogen and oxygen atoms in total. The van der Waals surface area contributed by atoms with Gasteiger partial charge < -0.3 is 9.63 Å². The van der Waals surface area contributed by atoms with E-state index in [-0.39, 0.29) is 11.3 Å². The van der Waals surface area contributed by atoms with Gasteiger partial charge in [-0.25, -0.2) is 13.6 Å². The number of nitrogens with zero attached hydrogens (tertiary/aromatic N) is 1. The number of carboxylic acids is 1. The Morgan fingerprint density at radius 1 is 1.33 bits per heavy atom. The molecule has 1 aromatic carbocycles. The molecule has 2 aromatic rings. The Kier molecular flexibility index (Phi) is 3.10. The Balaban J connectivity index is 2.52. The summed E-state index contributed by atoms with van der Waals surface area (Å²) in [4.78, 5) is 10.6. The number of halogens is 2. The van der Waals surface area contributed by atoms with Crippen LogP contribution >= 0.6 is 0 Å². The minimum atomic E-state index is -1.30. The summed E-state index contributed by atoms with van der Waals surface area (Å²) in [6.07, 6.45) is 0.392. The van der Waals surface area contributed by atoms with E-state index >= 15 is 0 Å². The molecule has 0 radical (unpaired) electrons. The van der Waals surface area contributed by atoms with Crippen LogP contribution in [0, 0.1) is 11.6 Å². The second kappa shape index (κ2) is 4.56. The summed E-state index contributed by atoms with van der Waals surface area (Å²) in [5.74, 6) is -3.14. The predicted octanol–water partition coefficient (Wildman–Crippen LogP) is 2.88. The molecule has 0 saturated heterocycles. The molecule has 1 aromatic heterocycles. The largest absolute Gasteiger partial charge is 0.475 e. The Hall–Kier alpha value is -2.24. The van der Waals surface area contributed by atoms with Gasteiger partial charge in [0.15, 0.2) is 0 Å². The maximum Gasteiger partial charge on any atom is 0.374 e. The van der Waals surface area contributed by atoms with Gasteiger partial charge in [0.05, 0.1) is 0 Å². The summed E-state index contributed by atoms with van der Waals surface area (Å²) in [5.41, 5.74) is 0.371. The quantitative estimate of drug-likeness (QED) is 0.913. The Bertz CT molecular complexity index is 607. The summed E-state index contributed by atoms with van der Waals surface area (Å²) in [6.45, 7) is 1.73. The molecule has 0 fully saturated rings. The van der Waals surface area contributed by atoms with Gasteiger partial charge in [-0.05, 0) is 18.1 Å². The van der Waals surface area contributed by atoms with Crippen molar-refractivity contribution in [3.63, 3.8) is 0 Å². The summed E-state index contributed by atoms with van der Waals surface area (Å²) in [5, 5.41) is 12.1. The second-order valence-electron chi connectivity index (χ2n) is 3.66. The zero-order chi connectivity index (χ0) is 13.3. The van der Waals surface area contributed by atoms with Crippen LogP contribution in [-0.4, -0.2) is 16.2 Å². The van der Waals surface area contributed by atoms with Crippen LogP contribution in [0.1, 0.15) is 23.0 Å². The van der Waals surface area contributed by atoms with Crippen molar-refractivity contribution in [1.29, 1.82) is 0 Å². The van der Waals surface area contributed by atoms with E-state index in [2.05, 4.69) is 9.68 Å². The third-order valence-corrected chi connectivity index (χ3v) is 2.51. The monoisotopic (exact) mass is 253 g/mol. The summed E-state index contributed by atoms with van der Waals surface area (Å²) in [6, 6.07) is 3.15. The van der Waals surface area contributed by atoms with E-state index in [0.29, 0.717) is 12.0 Å². The predicted molar refractivity (Wildman–Crippen MR) is 58.2 cm³/mol. The van der Waals surface area contributed by atoms with E-state index in [1.807, 2.05) is 0 Å². The highest BCUT2D eigenvalue weighted by molar-refractivity contribution is 5.85. The number of carboxylic acid groups (broad SMARTS) is 1. The fraction of sp³-hybridized carbons (Fsp3) is 0.167. The van der Waals surface area contributed by atoms with Crippen molar-refractivity contribution in [3.8, 4) is 11.3 Å². The van der Waals surface area contributed by atoms with Crippen molar-refractivity contribution >= 4 is 5.97 Å². The first-order valence-corrected chi connectivity index (χ1v) is 5.21. The minimum absolute atomic E-state index is 0.0181. The van der Waals surface area contributed by atoms with Crippen molar-refractivity contribution in [1.82, 2.24) is 5.16 Å². The molecule has 6 heteroatoms. The molecule has 0 aliphatic rings. The Morgan fingerprint density at radius 2 is 2.06 bits per heavy atom. The average Bonchev–Trinajstić information content (AvgIpc) is 2.78. The van der Waals surface area contributed by atoms with Crippen molar-refractivity contribution < 1.29 is 23.2 Å². The van der Waals surface area contributed by atoms with Crippen LogP contribution in [-0.2, 0) is 6.42 Å². The summed E-state index contributed by atoms with van der Waals surface area (Å²) in [7, 11) is 0. The minimum Gasteiger partial charge on any atom is -0.475 e. The Morgan fingerprint density at radius 3 is 2.61 bits per heavy atom. The van der Waals surface area contributed by atoms with E-state index in [1.54, 1.807) is 6.92 Å².